The number of amides is 1. The molecule has 192 valence electrons. The number of primary amides is 1. The van der Waals surface area contributed by atoms with Crippen LogP contribution in [0.5, 0.6) is 5.88 Å². The lowest BCUT2D eigenvalue weighted by Crippen LogP contribution is -2.27. The van der Waals surface area contributed by atoms with Crippen molar-refractivity contribution in [3.8, 4) is 23.1 Å². The van der Waals surface area contributed by atoms with Crippen molar-refractivity contribution in [2.75, 3.05) is 6.61 Å². The van der Waals surface area contributed by atoms with Crippen molar-refractivity contribution in [1.29, 1.82) is 5.26 Å². The molecule has 0 bridgehead atoms. The van der Waals surface area contributed by atoms with Gasteiger partial charge < -0.3 is 15.2 Å². The first-order chi connectivity index (χ1) is 16.8. The Bertz CT molecular complexity index is 1250. The van der Waals surface area contributed by atoms with Crippen molar-refractivity contribution in [2.24, 2.45) is 17.6 Å². The van der Waals surface area contributed by atoms with E-state index in [9.17, 15) is 18.8 Å². The third kappa shape index (κ3) is 8.45. The average molecular weight is 499 g/mol. The summed E-state index contributed by atoms with van der Waals surface area (Å²) in [6, 6.07) is 7.30. The molecule has 1 aromatic carbocycles. The number of carbonyl (C=O) groups is 1. The molecule has 1 atom stereocenters. The molecular formula is C27H32F2N4O3. The van der Waals surface area contributed by atoms with E-state index < -0.39 is 23.3 Å². The lowest BCUT2D eigenvalue weighted by molar-refractivity contribution is 0.0600. The molecular weight excluding hydrogens is 466 g/mol. The number of nitriles is 1. The van der Waals surface area contributed by atoms with E-state index in [0.717, 1.165) is 12.5 Å². The van der Waals surface area contributed by atoms with Gasteiger partial charge in [0.25, 0.3) is 0 Å². The summed E-state index contributed by atoms with van der Waals surface area (Å²) in [6.45, 7) is 12.1. The summed E-state index contributed by atoms with van der Waals surface area (Å²) in [5, 5.41) is 9.69. The molecule has 0 aliphatic rings. The lowest BCUT2D eigenvalue weighted by Gasteiger charge is -2.16. The number of nitrogens with zero attached hydrogens (tertiary/aromatic N) is 3. The van der Waals surface area contributed by atoms with Crippen LogP contribution in [0.1, 0.15) is 53.5 Å². The number of hydrogen-bond acceptors (Lipinski definition) is 6. The van der Waals surface area contributed by atoms with Gasteiger partial charge in [0, 0.05) is 35.5 Å². The lowest BCUT2D eigenvalue weighted by atomic mass is 10.00. The molecule has 2 heterocycles. The third-order valence-electron chi connectivity index (χ3n) is 4.83. The zero-order valence-electron chi connectivity index (χ0n) is 21.4. The number of carbonyl (C=O) groups excluding carboxylic acids is 1. The summed E-state index contributed by atoms with van der Waals surface area (Å²) < 4.78 is 38.2. The minimum absolute atomic E-state index is 0.189. The Morgan fingerprint density at radius 1 is 1.17 bits per heavy atom. The number of fused-ring (bicyclic) bond motifs is 1. The van der Waals surface area contributed by atoms with Gasteiger partial charge in [0.1, 0.15) is 28.9 Å². The first-order valence-electron chi connectivity index (χ1n) is 11.6. The van der Waals surface area contributed by atoms with Crippen LogP contribution in [0.4, 0.5) is 13.6 Å². The molecule has 1 unspecified atom stereocenters. The van der Waals surface area contributed by atoms with Crippen molar-refractivity contribution in [1.82, 2.24) is 9.97 Å². The number of rotatable bonds is 6. The summed E-state index contributed by atoms with van der Waals surface area (Å²) in [4.78, 5) is 18.3. The Morgan fingerprint density at radius 2 is 1.86 bits per heavy atom. The highest BCUT2D eigenvalue weighted by atomic mass is 19.1. The van der Waals surface area contributed by atoms with Crippen LogP contribution in [0.15, 0.2) is 36.7 Å². The summed E-state index contributed by atoms with van der Waals surface area (Å²) in [7, 11) is 0. The summed E-state index contributed by atoms with van der Waals surface area (Å²) >= 11 is 0. The minimum atomic E-state index is -0.725. The number of ether oxygens (including phenoxy) is 2. The van der Waals surface area contributed by atoms with Crippen LogP contribution < -0.4 is 10.5 Å². The third-order valence-corrected chi connectivity index (χ3v) is 4.83. The van der Waals surface area contributed by atoms with E-state index in [-0.39, 0.29) is 22.3 Å². The van der Waals surface area contributed by atoms with E-state index >= 15 is 0 Å². The Morgan fingerprint density at radius 3 is 2.42 bits per heavy atom. The summed E-state index contributed by atoms with van der Waals surface area (Å²) in [6.07, 6.45) is 3.29. The van der Waals surface area contributed by atoms with Gasteiger partial charge >= 0.3 is 6.09 Å². The van der Waals surface area contributed by atoms with E-state index in [1.165, 1.54) is 18.5 Å². The number of pyridine rings is 2. The number of hydrogen-bond donors (Lipinski definition) is 1. The largest absolute Gasteiger partial charge is 0.476 e. The Labute approximate surface area is 210 Å². The summed E-state index contributed by atoms with van der Waals surface area (Å²) in [5.74, 6) is -0.249. The van der Waals surface area contributed by atoms with Crippen LogP contribution >= 0.6 is 0 Å². The second kappa shape index (κ2) is 12.2. The van der Waals surface area contributed by atoms with E-state index in [0.29, 0.717) is 29.6 Å². The van der Waals surface area contributed by atoms with E-state index in [4.69, 9.17) is 10.5 Å². The highest BCUT2D eigenvalue weighted by Gasteiger charge is 2.15. The fourth-order valence-corrected chi connectivity index (χ4v) is 3.63. The van der Waals surface area contributed by atoms with Gasteiger partial charge in [-0.05, 0) is 56.7 Å². The average Bonchev–Trinajstić information content (AvgIpc) is 2.75. The molecule has 2 aromatic heterocycles. The maximum absolute atomic E-state index is 14.4. The monoisotopic (exact) mass is 498 g/mol. The van der Waals surface area contributed by atoms with Crippen molar-refractivity contribution < 1.29 is 23.0 Å². The van der Waals surface area contributed by atoms with E-state index in [2.05, 4.69) is 41.5 Å². The zero-order valence-corrected chi connectivity index (χ0v) is 21.4. The van der Waals surface area contributed by atoms with Crippen LogP contribution in [0.3, 0.4) is 0 Å². The van der Waals surface area contributed by atoms with Crippen LogP contribution in [-0.4, -0.2) is 28.3 Å². The first kappa shape index (κ1) is 28.4. The highest BCUT2D eigenvalue weighted by Crippen LogP contribution is 2.32. The van der Waals surface area contributed by atoms with Crippen molar-refractivity contribution in [3.63, 3.8) is 0 Å². The quantitative estimate of drug-likeness (QED) is 0.422. The van der Waals surface area contributed by atoms with Gasteiger partial charge in [0.2, 0.25) is 5.88 Å². The fraction of sp³-hybridized carbons (Fsp3) is 0.407. The maximum atomic E-state index is 14.4. The van der Waals surface area contributed by atoms with Crippen LogP contribution in [0.25, 0.3) is 22.0 Å². The van der Waals surface area contributed by atoms with Gasteiger partial charge in [0.15, 0.2) is 0 Å². The molecule has 3 rings (SSSR count). The molecule has 3 aromatic rings. The molecule has 0 aliphatic heterocycles. The predicted molar refractivity (Wildman–Crippen MR) is 134 cm³/mol. The minimum Gasteiger partial charge on any atom is -0.476 e. The molecule has 0 spiro atoms. The van der Waals surface area contributed by atoms with Crippen LogP contribution in [-0.2, 0) is 4.74 Å². The van der Waals surface area contributed by atoms with Gasteiger partial charge in [-0.1, -0.05) is 20.8 Å². The SMILES string of the molecule is CC(C)(C)OC(N)=O.CC(C)CC(C)COc1ncc(-c2ccnc3cc(F)cc(F)c23)cc1C#N. The predicted octanol–water partition coefficient (Wildman–Crippen LogP) is 6.39. The van der Waals surface area contributed by atoms with Crippen molar-refractivity contribution in [3.05, 3.63) is 53.9 Å². The van der Waals surface area contributed by atoms with Crippen LogP contribution in [0, 0.1) is 34.8 Å². The second-order valence-electron chi connectivity index (χ2n) is 9.91. The Balaban J connectivity index is 0.000000493. The molecule has 9 heteroatoms. The normalized spacial score (nSPS) is 11.9. The second-order valence-corrected chi connectivity index (χ2v) is 9.91. The van der Waals surface area contributed by atoms with Gasteiger partial charge in [-0.3, -0.25) is 4.98 Å². The molecule has 2 N–H and O–H groups in total. The smallest absolute Gasteiger partial charge is 0.405 e. The standard InChI is InChI=1S/C22H21F2N3O.C5H11NO2/c1-13(2)6-14(3)12-28-22-15(10-25)7-16(11-27-22)18-4-5-26-20-9-17(23)8-19(24)21(18)20;1-5(2,3)8-4(6)7/h4-5,7-9,11,13-14H,6,12H2,1-3H3;1-3H3,(H2,6,7). The molecule has 0 saturated carbocycles. The van der Waals surface area contributed by atoms with E-state index in [1.54, 1.807) is 32.9 Å². The number of aromatic nitrogens is 2. The van der Waals surface area contributed by atoms with Gasteiger partial charge in [-0.25, -0.2) is 18.6 Å². The zero-order chi connectivity index (χ0) is 27.0. The van der Waals surface area contributed by atoms with Gasteiger partial charge in [-0.15, -0.1) is 0 Å². The van der Waals surface area contributed by atoms with Gasteiger partial charge in [-0.2, -0.15) is 5.26 Å². The first-order valence-corrected chi connectivity index (χ1v) is 11.6. The highest BCUT2D eigenvalue weighted by molar-refractivity contribution is 5.94. The van der Waals surface area contributed by atoms with E-state index in [1.807, 2.05) is 0 Å². The molecule has 36 heavy (non-hydrogen) atoms. The fourth-order valence-electron chi connectivity index (χ4n) is 3.63. The van der Waals surface area contributed by atoms with Crippen molar-refractivity contribution in [2.45, 2.75) is 53.6 Å². The maximum Gasteiger partial charge on any atom is 0.405 e. The molecule has 0 radical (unpaired) electrons. The Hall–Kier alpha value is -3.80. The van der Waals surface area contributed by atoms with Gasteiger partial charge in [0.05, 0.1) is 12.1 Å². The summed E-state index contributed by atoms with van der Waals surface area (Å²) in [5.41, 5.74) is 5.77. The molecule has 1 amide bonds. The van der Waals surface area contributed by atoms with Crippen LogP contribution in [0.2, 0.25) is 0 Å². The number of benzene rings is 1. The van der Waals surface area contributed by atoms with Crippen molar-refractivity contribution >= 4 is 17.0 Å². The molecule has 0 saturated heterocycles. The number of halogens is 2. The molecule has 0 aliphatic carbocycles. The molecule has 0 fully saturated rings. The number of nitrogens with two attached hydrogens (primary N) is 1. The topological polar surface area (TPSA) is 111 Å². The molecule has 7 nitrogen and oxygen atoms in total. The Kier molecular flexibility index (Phi) is 9.68.